The summed E-state index contributed by atoms with van der Waals surface area (Å²) in [5.74, 6) is -0.672. The molecular formula is C23H27N7O5S. The minimum Gasteiger partial charge on any atom is -0.496 e. The van der Waals surface area contributed by atoms with Gasteiger partial charge >= 0.3 is 11.8 Å². The third-order valence-electron chi connectivity index (χ3n) is 5.67. The highest BCUT2D eigenvalue weighted by Crippen LogP contribution is 2.32. The van der Waals surface area contributed by atoms with Crippen molar-refractivity contribution in [2.45, 2.75) is 19.4 Å². The molecule has 0 atom stereocenters. The number of anilines is 1. The molecule has 1 aliphatic heterocycles. The van der Waals surface area contributed by atoms with Gasteiger partial charge < -0.3 is 24.7 Å². The fraction of sp³-hybridized carbons (Fsp3) is 0.391. The highest BCUT2D eigenvalue weighted by molar-refractivity contribution is 7.03. The van der Waals surface area contributed by atoms with Crippen LogP contribution in [0.15, 0.2) is 40.6 Å². The van der Waals surface area contributed by atoms with Crippen molar-refractivity contribution in [3.8, 4) is 17.1 Å². The molecule has 2 aromatic heterocycles. The first-order valence-corrected chi connectivity index (χ1v) is 12.1. The fourth-order valence-corrected chi connectivity index (χ4v) is 4.43. The molecule has 3 aromatic rings. The molecule has 0 bridgehead atoms. The highest BCUT2D eigenvalue weighted by Gasteiger charge is 2.30. The average Bonchev–Trinajstić information content (AvgIpc) is 3.58. The summed E-state index contributed by atoms with van der Waals surface area (Å²) in [5.41, 5.74) is 0.762. The second kappa shape index (κ2) is 10.8. The van der Waals surface area contributed by atoms with Crippen molar-refractivity contribution in [3.05, 3.63) is 41.9 Å². The van der Waals surface area contributed by atoms with Crippen molar-refractivity contribution in [2.75, 3.05) is 45.2 Å². The molecule has 0 unspecified atom stereocenters. The van der Waals surface area contributed by atoms with Crippen LogP contribution < -0.4 is 15.4 Å². The van der Waals surface area contributed by atoms with E-state index in [4.69, 9.17) is 9.15 Å². The topological polar surface area (TPSA) is 143 Å². The van der Waals surface area contributed by atoms with E-state index >= 15 is 0 Å². The summed E-state index contributed by atoms with van der Waals surface area (Å²) in [5, 5.41) is 10.9. The van der Waals surface area contributed by atoms with E-state index in [9.17, 15) is 14.4 Å². The Morgan fingerprint density at radius 3 is 2.58 bits per heavy atom. The molecule has 0 spiro atoms. The molecule has 1 fully saturated rings. The Labute approximate surface area is 211 Å². The van der Waals surface area contributed by atoms with Gasteiger partial charge in [-0.3, -0.25) is 19.3 Å². The van der Waals surface area contributed by atoms with Crippen LogP contribution in [0.3, 0.4) is 0 Å². The maximum Gasteiger partial charge on any atom is 0.313 e. The van der Waals surface area contributed by atoms with Crippen LogP contribution >= 0.6 is 11.5 Å². The summed E-state index contributed by atoms with van der Waals surface area (Å²) in [7, 11) is 1.50. The van der Waals surface area contributed by atoms with Crippen LogP contribution in [0.5, 0.6) is 5.75 Å². The van der Waals surface area contributed by atoms with Crippen molar-refractivity contribution < 1.29 is 23.5 Å². The highest BCUT2D eigenvalue weighted by atomic mass is 32.1. The third-order valence-corrected chi connectivity index (χ3v) is 6.18. The Kier molecular flexibility index (Phi) is 7.60. The SMILES string of the molecule is COc1cc(NC(=O)C(=O)NC(C)(C)CN2CCN(C(=O)c3csnn3)CC2)ccc1-c1cnco1. The van der Waals surface area contributed by atoms with E-state index in [0.29, 0.717) is 61.2 Å². The summed E-state index contributed by atoms with van der Waals surface area (Å²) in [6.07, 6.45) is 2.87. The van der Waals surface area contributed by atoms with Crippen LogP contribution in [0.2, 0.25) is 0 Å². The number of piperazine rings is 1. The van der Waals surface area contributed by atoms with Crippen LogP contribution in [-0.2, 0) is 9.59 Å². The number of nitrogens with zero attached hydrogens (tertiary/aromatic N) is 5. The minimum atomic E-state index is -0.787. The maximum absolute atomic E-state index is 12.6. The monoisotopic (exact) mass is 513 g/mol. The number of carbonyl (C=O) groups excluding carboxylic acids is 3. The summed E-state index contributed by atoms with van der Waals surface area (Å²) >= 11 is 1.15. The number of aromatic nitrogens is 3. The number of hydrogen-bond donors (Lipinski definition) is 2. The first kappa shape index (κ1) is 25.3. The van der Waals surface area contributed by atoms with Crippen LogP contribution in [0, 0.1) is 0 Å². The Morgan fingerprint density at radius 2 is 1.94 bits per heavy atom. The Morgan fingerprint density at radius 1 is 1.17 bits per heavy atom. The molecule has 0 radical (unpaired) electrons. The largest absolute Gasteiger partial charge is 0.496 e. The van der Waals surface area contributed by atoms with Gasteiger partial charge in [0.25, 0.3) is 5.91 Å². The van der Waals surface area contributed by atoms with Gasteiger partial charge in [-0.1, -0.05) is 4.49 Å². The Balaban J connectivity index is 1.28. The normalized spacial score (nSPS) is 14.4. The predicted molar refractivity (Wildman–Crippen MR) is 132 cm³/mol. The molecule has 190 valence electrons. The van der Waals surface area contributed by atoms with E-state index in [-0.39, 0.29) is 5.91 Å². The van der Waals surface area contributed by atoms with Crippen molar-refractivity contribution >= 4 is 34.9 Å². The van der Waals surface area contributed by atoms with Gasteiger partial charge in [0.05, 0.1) is 18.9 Å². The first-order chi connectivity index (χ1) is 17.3. The molecule has 12 nitrogen and oxygen atoms in total. The average molecular weight is 514 g/mol. The van der Waals surface area contributed by atoms with Gasteiger partial charge in [0.2, 0.25) is 0 Å². The number of nitrogens with one attached hydrogen (secondary N) is 2. The van der Waals surface area contributed by atoms with E-state index in [0.717, 1.165) is 11.5 Å². The van der Waals surface area contributed by atoms with Gasteiger partial charge in [-0.25, -0.2) is 4.98 Å². The van der Waals surface area contributed by atoms with Crippen LogP contribution in [0.4, 0.5) is 5.69 Å². The molecule has 3 heterocycles. The number of benzene rings is 1. The lowest BCUT2D eigenvalue weighted by Gasteiger charge is -2.38. The van der Waals surface area contributed by atoms with E-state index in [1.54, 1.807) is 34.7 Å². The van der Waals surface area contributed by atoms with Gasteiger partial charge in [0.1, 0.15) is 5.75 Å². The Bertz CT molecular complexity index is 1210. The molecule has 1 aliphatic rings. The number of rotatable bonds is 7. The molecule has 13 heteroatoms. The lowest BCUT2D eigenvalue weighted by Crippen LogP contribution is -2.57. The summed E-state index contributed by atoms with van der Waals surface area (Å²) in [6, 6.07) is 4.97. The number of methoxy groups -OCH3 is 1. The van der Waals surface area contributed by atoms with E-state index in [1.165, 1.54) is 13.5 Å². The zero-order valence-corrected chi connectivity index (χ0v) is 21.0. The number of hydrogen-bond acceptors (Lipinski definition) is 10. The Hall–Kier alpha value is -3.84. The molecule has 3 amide bonds. The van der Waals surface area contributed by atoms with E-state index in [1.807, 2.05) is 13.8 Å². The molecule has 36 heavy (non-hydrogen) atoms. The zero-order chi connectivity index (χ0) is 25.7. The number of amides is 3. The first-order valence-electron chi connectivity index (χ1n) is 11.2. The van der Waals surface area contributed by atoms with Crippen LogP contribution in [-0.4, -0.2) is 87.5 Å². The summed E-state index contributed by atoms with van der Waals surface area (Å²) in [4.78, 5) is 45.4. The summed E-state index contributed by atoms with van der Waals surface area (Å²) in [6.45, 7) is 6.61. The lowest BCUT2D eigenvalue weighted by atomic mass is 10.0. The molecule has 1 saturated heterocycles. The molecule has 2 N–H and O–H groups in total. The third kappa shape index (κ3) is 6.04. The van der Waals surface area contributed by atoms with Crippen molar-refractivity contribution in [1.82, 2.24) is 29.7 Å². The second-order valence-corrected chi connectivity index (χ2v) is 9.54. The van der Waals surface area contributed by atoms with Gasteiger partial charge in [0.15, 0.2) is 17.8 Å². The van der Waals surface area contributed by atoms with Crippen molar-refractivity contribution in [3.63, 3.8) is 0 Å². The van der Waals surface area contributed by atoms with Gasteiger partial charge in [0, 0.05) is 55.4 Å². The lowest BCUT2D eigenvalue weighted by molar-refractivity contribution is -0.137. The number of ether oxygens (including phenoxy) is 1. The van der Waals surface area contributed by atoms with Gasteiger partial charge in [-0.2, -0.15) is 0 Å². The molecule has 1 aromatic carbocycles. The van der Waals surface area contributed by atoms with Crippen molar-refractivity contribution in [1.29, 1.82) is 0 Å². The zero-order valence-electron chi connectivity index (χ0n) is 20.2. The fourth-order valence-electron chi connectivity index (χ4n) is 4.00. The van der Waals surface area contributed by atoms with Crippen LogP contribution in [0.1, 0.15) is 24.3 Å². The second-order valence-electron chi connectivity index (χ2n) is 8.93. The maximum atomic E-state index is 12.6. The predicted octanol–water partition coefficient (Wildman–Crippen LogP) is 1.49. The molecule has 0 saturated carbocycles. The standard InChI is InChI=1S/C23H27N7O5S/c1-23(2,13-29-6-8-30(9-7-29)22(33)17-12-36-28-27-17)26-21(32)20(31)25-15-4-5-16(18(10-15)34-3)19-11-24-14-35-19/h4-5,10-12,14H,6-9,13H2,1-3H3,(H,25,31)(H,26,32). The van der Waals surface area contributed by atoms with Gasteiger partial charge in [-0.15, -0.1) is 5.10 Å². The molecular weight excluding hydrogens is 486 g/mol. The number of carbonyl (C=O) groups is 3. The molecule has 0 aliphatic carbocycles. The molecule has 4 rings (SSSR count). The minimum absolute atomic E-state index is 0.127. The van der Waals surface area contributed by atoms with Gasteiger partial charge in [-0.05, 0) is 37.5 Å². The quantitative estimate of drug-likeness (QED) is 0.449. The smallest absolute Gasteiger partial charge is 0.313 e. The van der Waals surface area contributed by atoms with Crippen molar-refractivity contribution in [2.24, 2.45) is 0 Å². The summed E-state index contributed by atoms with van der Waals surface area (Å²) < 4.78 is 14.4. The number of oxazole rings is 1. The van der Waals surface area contributed by atoms with E-state index < -0.39 is 17.4 Å². The van der Waals surface area contributed by atoms with Crippen LogP contribution in [0.25, 0.3) is 11.3 Å². The van der Waals surface area contributed by atoms with E-state index in [2.05, 4.69) is 30.1 Å².